The van der Waals surface area contributed by atoms with Crippen molar-refractivity contribution >= 4 is 0 Å². The number of hydrogen-bond acceptors (Lipinski definition) is 3. The molecule has 1 aliphatic carbocycles. The van der Waals surface area contributed by atoms with E-state index in [0.717, 1.165) is 18.8 Å². The molecule has 0 bridgehead atoms. The van der Waals surface area contributed by atoms with E-state index in [-0.39, 0.29) is 0 Å². The van der Waals surface area contributed by atoms with Crippen LogP contribution in [0.4, 0.5) is 0 Å². The van der Waals surface area contributed by atoms with Gasteiger partial charge < -0.3 is 4.74 Å². The SMILES string of the molecule is CCCCOc1ccc(C(NN)C2CCC2)cc1. The average molecular weight is 248 g/mol. The summed E-state index contributed by atoms with van der Waals surface area (Å²) < 4.78 is 5.66. The first-order valence-electron chi connectivity index (χ1n) is 7.04. The molecule has 1 unspecified atom stereocenters. The van der Waals surface area contributed by atoms with Gasteiger partial charge in [0.05, 0.1) is 6.61 Å². The Kier molecular flexibility index (Phi) is 5.02. The third kappa shape index (κ3) is 3.24. The Morgan fingerprint density at radius 3 is 2.56 bits per heavy atom. The Bertz CT molecular complexity index is 346. The van der Waals surface area contributed by atoms with Gasteiger partial charge in [-0.2, -0.15) is 0 Å². The summed E-state index contributed by atoms with van der Waals surface area (Å²) in [5.41, 5.74) is 4.22. The summed E-state index contributed by atoms with van der Waals surface area (Å²) >= 11 is 0. The molecule has 0 radical (unpaired) electrons. The summed E-state index contributed by atoms with van der Waals surface area (Å²) in [6.45, 7) is 2.97. The number of hydrazine groups is 1. The van der Waals surface area contributed by atoms with Crippen LogP contribution in [0.15, 0.2) is 24.3 Å². The Morgan fingerprint density at radius 1 is 1.33 bits per heavy atom. The van der Waals surface area contributed by atoms with Crippen molar-refractivity contribution in [3.05, 3.63) is 29.8 Å². The third-order valence-electron chi connectivity index (χ3n) is 3.81. The second kappa shape index (κ2) is 6.76. The Labute approximate surface area is 110 Å². The minimum atomic E-state index is 0.295. The van der Waals surface area contributed by atoms with Gasteiger partial charge in [0.25, 0.3) is 0 Å². The van der Waals surface area contributed by atoms with Gasteiger partial charge in [0.1, 0.15) is 5.75 Å². The van der Waals surface area contributed by atoms with Gasteiger partial charge >= 0.3 is 0 Å². The predicted octanol–water partition coefficient (Wildman–Crippen LogP) is 3.17. The monoisotopic (exact) mass is 248 g/mol. The fourth-order valence-electron chi connectivity index (χ4n) is 2.38. The zero-order chi connectivity index (χ0) is 12.8. The minimum Gasteiger partial charge on any atom is -0.494 e. The van der Waals surface area contributed by atoms with Gasteiger partial charge in [-0.05, 0) is 42.9 Å². The molecule has 0 heterocycles. The van der Waals surface area contributed by atoms with Crippen LogP contribution in [-0.4, -0.2) is 6.61 Å². The first-order valence-corrected chi connectivity index (χ1v) is 7.04. The van der Waals surface area contributed by atoms with Crippen molar-refractivity contribution in [1.82, 2.24) is 5.43 Å². The van der Waals surface area contributed by atoms with E-state index in [1.165, 1.54) is 31.2 Å². The topological polar surface area (TPSA) is 47.3 Å². The van der Waals surface area contributed by atoms with Crippen LogP contribution >= 0.6 is 0 Å². The predicted molar refractivity (Wildman–Crippen MR) is 74.3 cm³/mol. The van der Waals surface area contributed by atoms with E-state index in [1.54, 1.807) is 0 Å². The maximum Gasteiger partial charge on any atom is 0.119 e. The van der Waals surface area contributed by atoms with Crippen LogP contribution in [0.3, 0.4) is 0 Å². The number of nitrogens with one attached hydrogen (secondary N) is 1. The molecule has 0 aromatic heterocycles. The summed E-state index contributed by atoms with van der Waals surface area (Å²) in [7, 11) is 0. The van der Waals surface area contributed by atoms with Crippen molar-refractivity contribution in [2.24, 2.45) is 11.8 Å². The Hall–Kier alpha value is -1.06. The van der Waals surface area contributed by atoms with E-state index < -0.39 is 0 Å². The number of unbranched alkanes of at least 4 members (excludes halogenated alkanes) is 1. The van der Waals surface area contributed by atoms with Crippen LogP contribution in [0, 0.1) is 5.92 Å². The second-order valence-electron chi connectivity index (χ2n) is 5.11. The summed E-state index contributed by atoms with van der Waals surface area (Å²) in [5.74, 6) is 7.32. The third-order valence-corrected chi connectivity index (χ3v) is 3.81. The van der Waals surface area contributed by atoms with Gasteiger partial charge in [-0.25, -0.2) is 0 Å². The molecule has 1 atom stereocenters. The van der Waals surface area contributed by atoms with Gasteiger partial charge in [-0.3, -0.25) is 11.3 Å². The lowest BCUT2D eigenvalue weighted by Crippen LogP contribution is -2.36. The minimum absolute atomic E-state index is 0.295. The molecule has 1 saturated carbocycles. The average Bonchev–Trinajstić information content (AvgIpc) is 2.35. The number of nitrogens with two attached hydrogens (primary N) is 1. The van der Waals surface area contributed by atoms with Crippen molar-refractivity contribution in [2.75, 3.05) is 6.61 Å². The van der Waals surface area contributed by atoms with Gasteiger partial charge in [0.2, 0.25) is 0 Å². The molecular weight excluding hydrogens is 224 g/mol. The molecule has 100 valence electrons. The quantitative estimate of drug-likeness (QED) is 0.442. The normalized spacial score (nSPS) is 17.2. The van der Waals surface area contributed by atoms with Crippen LogP contribution in [0.2, 0.25) is 0 Å². The number of rotatable bonds is 7. The standard InChI is InChI=1S/C15H24N2O/c1-2-3-11-18-14-9-7-13(8-10-14)15(17-16)12-5-4-6-12/h7-10,12,15,17H,2-6,11,16H2,1H3. The zero-order valence-corrected chi connectivity index (χ0v) is 11.2. The van der Waals surface area contributed by atoms with Crippen LogP contribution in [0.25, 0.3) is 0 Å². The molecule has 0 amide bonds. The summed E-state index contributed by atoms with van der Waals surface area (Å²) in [5, 5.41) is 0. The van der Waals surface area contributed by atoms with E-state index in [9.17, 15) is 0 Å². The maximum absolute atomic E-state index is 5.67. The molecule has 1 aromatic carbocycles. The zero-order valence-electron chi connectivity index (χ0n) is 11.2. The van der Waals surface area contributed by atoms with Gasteiger partial charge in [0.15, 0.2) is 0 Å². The van der Waals surface area contributed by atoms with Gasteiger partial charge in [0, 0.05) is 6.04 Å². The number of hydrogen-bond donors (Lipinski definition) is 2. The molecule has 3 N–H and O–H groups in total. The molecule has 1 aromatic rings. The molecule has 0 spiro atoms. The highest BCUT2D eigenvalue weighted by Gasteiger charge is 2.27. The number of ether oxygens (including phenoxy) is 1. The van der Waals surface area contributed by atoms with Crippen molar-refractivity contribution in [2.45, 2.75) is 45.1 Å². The largest absolute Gasteiger partial charge is 0.494 e. The highest BCUT2D eigenvalue weighted by Crippen LogP contribution is 2.37. The van der Waals surface area contributed by atoms with Crippen molar-refractivity contribution in [3.63, 3.8) is 0 Å². The fourth-order valence-corrected chi connectivity index (χ4v) is 2.38. The molecule has 0 aliphatic heterocycles. The van der Waals surface area contributed by atoms with E-state index in [4.69, 9.17) is 10.6 Å². The summed E-state index contributed by atoms with van der Waals surface area (Å²) in [4.78, 5) is 0. The lowest BCUT2D eigenvalue weighted by Gasteiger charge is -2.33. The molecule has 2 rings (SSSR count). The molecule has 18 heavy (non-hydrogen) atoms. The second-order valence-corrected chi connectivity index (χ2v) is 5.11. The molecule has 3 heteroatoms. The van der Waals surface area contributed by atoms with Crippen molar-refractivity contribution < 1.29 is 4.74 Å². The summed E-state index contributed by atoms with van der Waals surface area (Å²) in [6, 6.07) is 8.65. The Morgan fingerprint density at radius 2 is 2.06 bits per heavy atom. The molecule has 1 fully saturated rings. The van der Waals surface area contributed by atoms with Gasteiger partial charge in [-0.15, -0.1) is 0 Å². The number of benzene rings is 1. The van der Waals surface area contributed by atoms with Crippen molar-refractivity contribution in [3.8, 4) is 5.75 Å². The maximum atomic E-state index is 5.67. The highest BCUT2D eigenvalue weighted by molar-refractivity contribution is 5.29. The fraction of sp³-hybridized carbons (Fsp3) is 0.600. The highest BCUT2D eigenvalue weighted by atomic mass is 16.5. The van der Waals surface area contributed by atoms with Gasteiger partial charge in [-0.1, -0.05) is 31.9 Å². The lowest BCUT2D eigenvalue weighted by atomic mass is 9.77. The molecule has 3 nitrogen and oxygen atoms in total. The molecular formula is C15H24N2O. The first kappa shape index (κ1) is 13.4. The van der Waals surface area contributed by atoms with Crippen LogP contribution in [-0.2, 0) is 0 Å². The van der Waals surface area contributed by atoms with E-state index in [2.05, 4.69) is 24.5 Å². The van der Waals surface area contributed by atoms with E-state index >= 15 is 0 Å². The van der Waals surface area contributed by atoms with Crippen LogP contribution in [0.1, 0.15) is 50.6 Å². The molecule has 0 saturated heterocycles. The van der Waals surface area contributed by atoms with Crippen LogP contribution in [0.5, 0.6) is 5.75 Å². The smallest absolute Gasteiger partial charge is 0.119 e. The van der Waals surface area contributed by atoms with E-state index in [1.807, 2.05) is 12.1 Å². The van der Waals surface area contributed by atoms with E-state index in [0.29, 0.717) is 12.0 Å². The van der Waals surface area contributed by atoms with Crippen molar-refractivity contribution in [1.29, 1.82) is 0 Å². The molecule has 1 aliphatic rings. The Balaban J connectivity index is 1.92. The lowest BCUT2D eigenvalue weighted by molar-refractivity contribution is 0.232. The van der Waals surface area contributed by atoms with Crippen LogP contribution < -0.4 is 16.0 Å². The first-order chi connectivity index (χ1) is 8.85. The summed E-state index contributed by atoms with van der Waals surface area (Å²) in [6.07, 6.45) is 6.17.